The molecule has 0 aliphatic carbocycles. The van der Waals surface area contributed by atoms with E-state index in [0.717, 1.165) is 11.3 Å². The molecule has 144 valence electrons. The summed E-state index contributed by atoms with van der Waals surface area (Å²) in [5.41, 5.74) is 1.26. The van der Waals surface area contributed by atoms with E-state index in [2.05, 4.69) is 15.3 Å². The molecule has 2 N–H and O–H groups in total. The highest BCUT2D eigenvalue weighted by Crippen LogP contribution is 2.25. The van der Waals surface area contributed by atoms with Crippen molar-refractivity contribution in [3.8, 4) is 5.75 Å². The molecule has 0 saturated carbocycles. The second kappa shape index (κ2) is 7.79. The molecule has 1 atom stereocenters. The number of carbonyl (C=O) groups excluding carboxylic acids is 1. The molecule has 1 fully saturated rings. The number of aromatic hydroxyl groups is 1. The first-order valence-electron chi connectivity index (χ1n) is 8.78. The van der Waals surface area contributed by atoms with Crippen molar-refractivity contribution in [2.75, 3.05) is 25.0 Å². The minimum absolute atomic E-state index is 0.0138. The summed E-state index contributed by atoms with van der Waals surface area (Å²) in [7, 11) is 0. The highest BCUT2D eigenvalue weighted by atomic mass is 16.6. The van der Waals surface area contributed by atoms with Crippen molar-refractivity contribution < 1.29 is 19.4 Å². The Bertz CT molecular complexity index is 772. The van der Waals surface area contributed by atoms with E-state index in [0.29, 0.717) is 25.6 Å². The van der Waals surface area contributed by atoms with Crippen LogP contribution in [0.3, 0.4) is 0 Å². The van der Waals surface area contributed by atoms with Gasteiger partial charge in [-0.3, -0.25) is 0 Å². The summed E-state index contributed by atoms with van der Waals surface area (Å²) in [6.07, 6.45) is 2.12. The fraction of sp³-hybridized carbons (Fsp3) is 0.421. The standard InChI is InChI=1S/C19H24N4O4/c1-19(2,3)27-18(25)23-8-9-26-16(12-23)13-4-6-14(7-5-13)22-17-20-10-15(24)11-21-17/h4-7,10-11,16,24H,8-9,12H2,1-3H3,(H,20,21,22). The predicted octanol–water partition coefficient (Wildman–Crippen LogP) is 3.23. The van der Waals surface area contributed by atoms with Crippen molar-refractivity contribution in [1.82, 2.24) is 14.9 Å². The first-order chi connectivity index (χ1) is 12.8. The first-order valence-corrected chi connectivity index (χ1v) is 8.78. The second-order valence-corrected chi connectivity index (χ2v) is 7.30. The first kappa shape index (κ1) is 18.9. The van der Waals surface area contributed by atoms with Crippen LogP contribution in [0.5, 0.6) is 5.75 Å². The maximum absolute atomic E-state index is 12.3. The molecule has 1 aromatic heterocycles. The predicted molar refractivity (Wildman–Crippen MR) is 99.9 cm³/mol. The Balaban J connectivity index is 1.62. The number of aromatic nitrogens is 2. The minimum atomic E-state index is -0.519. The maximum atomic E-state index is 12.3. The summed E-state index contributed by atoms with van der Waals surface area (Å²) in [5, 5.41) is 12.3. The Labute approximate surface area is 158 Å². The van der Waals surface area contributed by atoms with Gasteiger partial charge in [0.1, 0.15) is 11.7 Å². The number of anilines is 2. The summed E-state index contributed by atoms with van der Waals surface area (Å²) in [6.45, 7) is 6.99. The molecule has 27 heavy (non-hydrogen) atoms. The quantitative estimate of drug-likeness (QED) is 0.854. The van der Waals surface area contributed by atoms with Crippen molar-refractivity contribution >= 4 is 17.7 Å². The summed E-state index contributed by atoms with van der Waals surface area (Å²) in [4.78, 5) is 21.9. The van der Waals surface area contributed by atoms with Gasteiger partial charge in [-0.15, -0.1) is 0 Å². The van der Waals surface area contributed by atoms with Crippen molar-refractivity contribution in [3.05, 3.63) is 42.2 Å². The molecule has 1 amide bonds. The third-order valence-electron chi connectivity index (χ3n) is 3.89. The number of morpholine rings is 1. The molecule has 1 aromatic carbocycles. The average Bonchev–Trinajstić information content (AvgIpc) is 2.63. The molecule has 1 aliphatic heterocycles. The van der Waals surface area contributed by atoms with Gasteiger partial charge in [0.05, 0.1) is 25.5 Å². The van der Waals surface area contributed by atoms with E-state index in [1.54, 1.807) is 4.90 Å². The van der Waals surface area contributed by atoms with Gasteiger partial charge in [-0.25, -0.2) is 14.8 Å². The van der Waals surface area contributed by atoms with Gasteiger partial charge in [0.25, 0.3) is 0 Å². The van der Waals surface area contributed by atoms with Crippen LogP contribution in [0.1, 0.15) is 32.4 Å². The molecule has 1 saturated heterocycles. The number of nitrogens with one attached hydrogen (secondary N) is 1. The lowest BCUT2D eigenvalue weighted by Crippen LogP contribution is -2.44. The molecule has 8 heteroatoms. The van der Waals surface area contributed by atoms with Gasteiger partial charge in [-0.2, -0.15) is 0 Å². The van der Waals surface area contributed by atoms with Gasteiger partial charge >= 0.3 is 6.09 Å². The van der Waals surface area contributed by atoms with Crippen LogP contribution in [0.25, 0.3) is 0 Å². The number of rotatable bonds is 3. The number of hydrogen-bond acceptors (Lipinski definition) is 7. The fourth-order valence-electron chi connectivity index (χ4n) is 2.64. The lowest BCUT2D eigenvalue weighted by Gasteiger charge is -2.34. The van der Waals surface area contributed by atoms with E-state index in [1.807, 2.05) is 45.0 Å². The molecule has 1 aliphatic rings. The van der Waals surface area contributed by atoms with Crippen LogP contribution >= 0.6 is 0 Å². The summed E-state index contributed by atoms with van der Waals surface area (Å²) >= 11 is 0. The van der Waals surface area contributed by atoms with E-state index in [4.69, 9.17) is 9.47 Å². The minimum Gasteiger partial charge on any atom is -0.505 e. The number of carbonyl (C=O) groups is 1. The monoisotopic (exact) mass is 372 g/mol. The molecular formula is C19H24N4O4. The number of ether oxygens (including phenoxy) is 2. The van der Waals surface area contributed by atoms with Gasteiger partial charge in [0, 0.05) is 12.2 Å². The topological polar surface area (TPSA) is 96.8 Å². The zero-order chi connectivity index (χ0) is 19.4. The molecule has 1 unspecified atom stereocenters. The molecule has 0 radical (unpaired) electrons. The summed E-state index contributed by atoms with van der Waals surface area (Å²) in [5.74, 6) is 0.408. The average molecular weight is 372 g/mol. The molecule has 0 bridgehead atoms. The largest absolute Gasteiger partial charge is 0.505 e. The number of amides is 1. The second-order valence-electron chi connectivity index (χ2n) is 7.30. The summed E-state index contributed by atoms with van der Waals surface area (Å²) < 4.78 is 11.3. The molecule has 3 rings (SSSR count). The molecule has 8 nitrogen and oxygen atoms in total. The van der Waals surface area contributed by atoms with Gasteiger partial charge < -0.3 is 24.8 Å². The lowest BCUT2D eigenvalue weighted by atomic mass is 10.1. The molecule has 2 aromatic rings. The van der Waals surface area contributed by atoms with Crippen LogP contribution in [0.2, 0.25) is 0 Å². The van der Waals surface area contributed by atoms with Crippen LogP contribution in [0, 0.1) is 0 Å². The SMILES string of the molecule is CC(C)(C)OC(=O)N1CCOC(c2ccc(Nc3ncc(O)cn3)cc2)C1. The van der Waals surface area contributed by atoms with Crippen molar-refractivity contribution in [2.24, 2.45) is 0 Å². The molecule has 2 heterocycles. The van der Waals surface area contributed by atoms with Gasteiger partial charge in [0.15, 0.2) is 5.75 Å². The normalized spacial score (nSPS) is 17.4. The van der Waals surface area contributed by atoms with Crippen LogP contribution in [-0.2, 0) is 9.47 Å². The Kier molecular flexibility index (Phi) is 5.46. The van der Waals surface area contributed by atoms with Crippen molar-refractivity contribution in [1.29, 1.82) is 0 Å². The third-order valence-corrected chi connectivity index (χ3v) is 3.89. The molecular weight excluding hydrogens is 348 g/mol. The maximum Gasteiger partial charge on any atom is 0.410 e. The van der Waals surface area contributed by atoms with E-state index >= 15 is 0 Å². The Hall–Kier alpha value is -2.87. The summed E-state index contributed by atoms with van der Waals surface area (Å²) in [6, 6.07) is 7.65. The van der Waals surface area contributed by atoms with Crippen molar-refractivity contribution in [2.45, 2.75) is 32.5 Å². The van der Waals surface area contributed by atoms with Crippen LogP contribution in [-0.4, -0.2) is 51.4 Å². The highest BCUT2D eigenvalue weighted by Gasteiger charge is 2.28. The smallest absolute Gasteiger partial charge is 0.410 e. The lowest BCUT2D eigenvalue weighted by molar-refractivity contribution is -0.0432. The number of nitrogens with zero attached hydrogens (tertiary/aromatic N) is 3. The fourth-order valence-corrected chi connectivity index (χ4v) is 2.64. The Morgan fingerprint density at radius 3 is 2.56 bits per heavy atom. The van der Waals surface area contributed by atoms with Gasteiger partial charge in [-0.1, -0.05) is 12.1 Å². The van der Waals surface area contributed by atoms with E-state index in [-0.39, 0.29) is 17.9 Å². The van der Waals surface area contributed by atoms with Gasteiger partial charge in [0.2, 0.25) is 5.95 Å². The third kappa shape index (κ3) is 5.30. The van der Waals surface area contributed by atoms with E-state index in [9.17, 15) is 9.90 Å². The molecule has 0 spiro atoms. The zero-order valence-electron chi connectivity index (χ0n) is 15.7. The zero-order valence-corrected chi connectivity index (χ0v) is 15.7. The highest BCUT2D eigenvalue weighted by molar-refractivity contribution is 5.68. The van der Waals surface area contributed by atoms with Crippen LogP contribution < -0.4 is 5.32 Å². The van der Waals surface area contributed by atoms with Crippen LogP contribution in [0.15, 0.2) is 36.7 Å². The number of hydrogen-bond donors (Lipinski definition) is 2. The van der Waals surface area contributed by atoms with Gasteiger partial charge in [-0.05, 0) is 38.5 Å². The number of benzene rings is 1. The van der Waals surface area contributed by atoms with E-state index in [1.165, 1.54) is 12.4 Å². The Morgan fingerprint density at radius 1 is 1.26 bits per heavy atom. The van der Waals surface area contributed by atoms with Crippen LogP contribution in [0.4, 0.5) is 16.4 Å². The Morgan fingerprint density at radius 2 is 1.93 bits per heavy atom. The van der Waals surface area contributed by atoms with Crippen molar-refractivity contribution in [3.63, 3.8) is 0 Å². The van der Waals surface area contributed by atoms with E-state index < -0.39 is 5.60 Å².